The van der Waals surface area contributed by atoms with Gasteiger partial charge in [-0.1, -0.05) is 6.92 Å². The molecule has 1 aromatic carbocycles. The standard InChI is InChI=1S/C22H20FN5O3S/c1-3-19(14-8-9-25-21(10-14)32(2,30)31)27-22(29)18-11-24-13-20-17(18)12-26-28(20)16-6-4-15(23)5-7-16/h4-13,19H,3H2,1-2H3,(H,27,29). The molecule has 0 saturated carbocycles. The van der Waals surface area contributed by atoms with Gasteiger partial charge in [0.2, 0.25) is 0 Å². The second-order valence-electron chi connectivity index (χ2n) is 7.29. The van der Waals surface area contributed by atoms with Crippen LogP contribution >= 0.6 is 0 Å². The SMILES string of the molecule is CCC(NC(=O)c1cncc2c1cnn2-c1ccc(F)cc1)c1ccnc(S(C)(=O)=O)c1. The molecule has 1 unspecified atom stereocenters. The van der Waals surface area contributed by atoms with Gasteiger partial charge < -0.3 is 5.32 Å². The Morgan fingerprint density at radius 3 is 2.59 bits per heavy atom. The minimum absolute atomic E-state index is 0.0490. The van der Waals surface area contributed by atoms with Crippen molar-refractivity contribution in [3.63, 3.8) is 0 Å². The zero-order valence-electron chi connectivity index (χ0n) is 17.4. The van der Waals surface area contributed by atoms with Crippen LogP contribution in [0.1, 0.15) is 35.3 Å². The molecule has 32 heavy (non-hydrogen) atoms. The highest BCUT2D eigenvalue weighted by molar-refractivity contribution is 7.90. The van der Waals surface area contributed by atoms with Gasteiger partial charge in [0.25, 0.3) is 5.91 Å². The van der Waals surface area contributed by atoms with Crippen LogP contribution < -0.4 is 5.32 Å². The quantitative estimate of drug-likeness (QED) is 0.480. The molecule has 0 aliphatic rings. The van der Waals surface area contributed by atoms with Gasteiger partial charge >= 0.3 is 0 Å². The number of fused-ring (bicyclic) bond motifs is 1. The minimum Gasteiger partial charge on any atom is -0.345 e. The monoisotopic (exact) mass is 453 g/mol. The maximum Gasteiger partial charge on any atom is 0.254 e. The molecule has 0 fully saturated rings. The normalized spacial score (nSPS) is 12.6. The fourth-order valence-electron chi connectivity index (χ4n) is 3.41. The molecule has 1 atom stereocenters. The van der Waals surface area contributed by atoms with Crippen molar-refractivity contribution in [1.29, 1.82) is 0 Å². The Kier molecular flexibility index (Phi) is 5.70. The molecule has 164 valence electrons. The lowest BCUT2D eigenvalue weighted by atomic mass is 10.1. The molecule has 1 N–H and O–H groups in total. The molecule has 0 saturated heterocycles. The first-order valence-electron chi connectivity index (χ1n) is 9.82. The Morgan fingerprint density at radius 1 is 1.16 bits per heavy atom. The Morgan fingerprint density at radius 2 is 1.91 bits per heavy atom. The predicted octanol–water partition coefficient (Wildman–Crippen LogP) is 3.24. The molecule has 0 aliphatic heterocycles. The van der Waals surface area contributed by atoms with Gasteiger partial charge in [0.15, 0.2) is 14.9 Å². The molecule has 0 bridgehead atoms. The number of rotatable bonds is 6. The lowest BCUT2D eigenvalue weighted by Gasteiger charge is -2.18. The van der Waals surface area contributed by atoms with Crippen LogP contribution in [-0.2, 0) is 9.84 Å². The molecule has 3 heterocycles. The lowest BCUT2D eigenvalue weighted by Crippen LogP contribution is -2.28. The highest BCUT2D eigenvalue weighted by Crippen LogP contribution is 2.23. The molecule has 10 heteroatoms. The summed E-state index contributed by atoms with van der Waals surface area (Å²) in [6, 6.07) is 8.56. The molecule has 0 spiro atoms. The first kappa shape index (κ1) is 21.6. The van der Waals surface area contributed by atoms with Gasteiger partial charge in [-0.25, -0.2) is 22.5 Å². The van der Waals surface area contributed by atoms with E-state index in [-0.39, 0.29) is 16.8 Å². The van der Waals surface area contributed by atoms with Crippen LogP contribution in [0.2, 0.25) is 0 Å². The van der Waals surface area contributed by atoms with E-state index >= 15 is 0 Å². The van der Waals surface area contributed by atoms with E-state index in [1.807, 2.05) is 6.92 Å². The predicted molar refractivity (Wildman–Crippen MR) is 117 cm³/mol. The Balaban J connectivity index is 1.66. The number of carbonyl (C=O) groups excluding carboxylic acids is 1. The number of aromatic nitrogens is 4. The summed E-state index contributed by atoms with van der Waals surface area (Å²) in [5, 5.41) is 7.81. The number of benzene rings is 1. The van der Waals surface area contributed by atoms with Crippen molar-refractivity contribution in [3.8, 4) is 5.69 Å². The molecule has 4 rings (SSSR count). The summed E-state index contributed by atoms with van der Waals surface area (Å²) in [7, 11) is -3.47. The van der Waals surface area contributed by atoms with Crippen molar-refractivity contribution in [1.82, 2.24) is 25.1 Å². The van der Waals surface area contributed by atoms with Crippen LogP contribution in [0, 0.1) is 5.82 Å². The molecule has 0 radical (unpaired) electrons. The summed E-state index contributed by atoms with van der Waals surface area (Å²) in [4.78, 5) is 21.2. The van der Waals surface area contributed by atoms with Crippen LogP contribution in [0.4, 0.5) is 4.39 Å². The Bertz CT molecular complexity index is 1400. The molecule has 4 aromatic rings. The van der Waals surface area contributed by atoms with Gasteiger partial charge in [-0.15, -0.1) is 0 Å². The summed E-state index contributed by atoms with van der Waals surface area (Å²) in [6.07, 6.45) is 7.64. The van der Waals surface area contributed by atoms with Crippen molar-refractivity contribution >= 4 is 26.6 Å². The molecule has 1 amide bonds. The van der Waals surface area contributed by atoms with E-state index in [2.05, 4.69) is 20.4 Å². The van der Waals surface area contributed by atoms with E-state index in [0.717, 1.165) is 6.26 Å². The third-order valence-corrected chi connectivity index (χ3v) is 6.05. The number of hydrogen-bond donors (Lipinski definition) is 1. The van der Waals surface area contributed by atoms with E-state index < -0.39 is 15.9 Å². The van der Waals surface area contributed by atoms with Crippen molar-refractivity contribution < 1.29 is 17.6 Å². The van der Waals surface area contributed by atoms with Gasteiger partial charge in [-0.2, -0.15) is 5.10 Å². The fourth-order valence-corrected chi connectivity index (χ4v) is 4.01. The molecule has 0 aliphatic carbocycles. The highest BCUT2D eigenvalue weighted by Gasteiger charge is 2.20. The van der Waals surface area contributed by atoms with Gasteiger partial charge in [0.1, 0.15) is 5.82 Å². The summed E-state index contributed by atoms with van der Waals surface area (Å²) in [6.45, 7) is 1.89. The van der Waals surface area contributed by atoms with Crippen LogP contribution in [0.3, 0.4) is 0 Å². The Hall–Kier alpha value is -3.66. The second-order valence-corrected chi connectivity index (χ2v) is 9.25. The highest BCUT2D eigenvalue weighted by atomic mass is 32.2. The topological polar surface area (TPSA) is 107 Å². The lowest BCUT2D eigenvalue weighted by molar-refractivity contribution is 0.0937. The van der Waals surface area contributed by atoms with Crippen LogP contribution in [0.15, 0.2) is 66.2 Å². The van der Waals surface area contributed by atoms with E-state index in [0.29, 0.717) is 34.1 Å². The third-order valence-electron chi connectivity index (χ3n) is 5.07. The molecule has 3 aromatic heterocycles. The smallest absolute Gasteiger partial charge is 0.254 e. The van der Waals surface area contributed by atoms with E-state index in [9.17, 15) is 17.6 Å². The number of halogens is 1. The van der Waals surface area contributed by atoms with Crippen LogP contribution in [0.5, 0.6) is 0 Å². The van der Waals surface area contributed by atoms with Crippen molar-refractivity contribution in [3.05, 3.63) is 78.1 Å². The number of amides is 1. The summed E-state index contributed by atoms with van der Waals surface area (Å²) in [5.74, 6) is -0.726. The third kappa shape index (κ3) is 4.22. The zero-order chi connectivity index (χ0) is 22.9. The van der Waals surface area contributed by atoms with Gasteiger partial charge in [-0.05, 0) is 48.4 Å². The number of carbonyl (C=O) groups is 1. The van der Waals surface area contributed by atoms with E-state index in [1.165, 1.54) is 30.6 Å². The summed E-state index contributed by atoms with van der Waals surface area (Å²) < 4.78 is 38.5. The second kappa shape index (κ2) is 8.46. The first-order valence-corrected chi connectivity index (χ1v) is 11.7. The largest absolute Gasteiger partial charge is 0.345 e. The van der Waals surface area contributed by atoms with Crippen molar-refractivity contribution in [2.75, 3.05) is 6.26 Å². The zero-order valence-corrected chi connectivity index (χ0v) is 18.2. The van der Waals surface area contributed by atoms with E-state index in [1.54, 1.807) is 35.3 Å². The first-order chi connectivity index (χ1) is 15.3. The van der Waals surface area contributed by atoms with Crippen LogP contribution in [-0.4, -0.2) is 40.3 Å². The maximum absolute atomic E-state index is 13.3. The number of hydrogen-bond acceptors (Lipinski definition) is 6. The van der Waals surface area contributed by atoms with Crippen molar-refractivity contribution in [2.24, 2.45) is 0 Å². The number of sulfone groups is 1. The fraction of sp³-hybridized carbons (Fsp3) is 0.182. The van der Waals surface area contributed by atoms with Gasteiger partial charge in [0.05, 0.1) is 35.2 Å². The number of nitrogens with one attached hydrogen (secondary N) is 1. The van der Waals surface area contributed by atoms with Gasteiger partial charge in [0, 0.05) is 24.0 Å². The number of pyridine rings is 2. The summed E-state index contributed by atoms with van der Waals surface area (Å²) >= 11 is 0. The maximum atomic E-state index is 13.3. The number of nitrogens with zero attached hydrogens (tertiary/aromatic N) is 4. The van der Waals surface area contributed by atoms with Gasteiger partial charge in [-0.3, -0.25) is 9.78 Å². The Labute approximate surface area is 184 Å². The van der Waals surface area contributed by atoms with E-state index in [4.69, 9.17) is 0 Å². The molecule has 8 nitrogen and oxygen atoms in total. The average Bonchev–Trinajstić information content (AvgIpc) is 3.21. The molecular weight excluding hydrogens is 433 g/mol. The average molecular weight is 453 g/mol. The minimum atomic E-state index is -3.47. The summed E-state index contributed by atoms with van der Waals surface area (Å²) in [5.41, 5.74) is 2.20. The molecular formula is C22H20FN5O3S. The van der Waals surface area contributed by atoms with Crippen molar-refractivity contribution in [2.45, 2.75) is 24.4 Å². The van der Waals surface area contributed by atoms with Crippen LogP contribution in [0.25, 0.3) is 16.6 Å².